The number of hydrogen-bond donors (Lipinski definition) is 2. The number of rotatable bonds is 2. The van der Waals surface area contributed by atoms with Gasteiger partial charge in [-0.1, -0.05) is 23.8 Å². The number of thiocarbonyl (C=S) groups is 1. The zero-order valence-electron chi connectivity index (χ0n) is 8.13. The molecule has 0 aliphatic carbocycles. The van der Waals surface area contributed by atoms with E-state index in [1.165, 1.54) is 12.1 Å². The van der Waals surface area contributed by atoms with Crippen molar-refractivity contribution >= 4 is 34.5 Å². The fourth-order valence-electron chi connectivity index (χ4n) is 1.24. The highest BCUT2D eigenvalue weighted by molar-refractivity contribution is 7.81. The number of benzene rings is 1. The van der Waals surface area contributed by atoms with Gasteiger partial charge in [-0.3, -0.25) is 0 Å². The lowest BCUT2D eigenvalue weighted by atomic mass is 10.3. The first-order valence-corrected chi connectivity index (χ1v) is 5.35. The lowest BCUT2D eigenvalue weighted by Crippen LogP contribution is -2.10. The first-order chi connectivity index (χ1) is 7.66. The van der Waals surface area contributed by atoms with Crippen LogP contribution in [0.4, 0.5) is 10.1 Å². The highest BCUT2D eigenvalue weighted by Gasteiger charge is 2.04. The van der Waals surface area contributed by atoms with Crippen LogP contribution in [0.25, 0.3) is 0 Å². The maximum Gasteiger partial charge on any atom is 0.141 e. The van der Waals surface area contributed by atoms with Crippen LogP contribution in [0.5, 0.6) is 0 Å². The van der Waals surface area contributed by atoms with Crippen LogP contribution in [0.2, 0.25) is 5.02 Å². The van der Waals surface area contributed by atoms with Gasteiger partial charge in [0.1, 0.15) is 10.8 Å². The van der Waals surface area contributed by atoms with Crippen molar-refractivity contribution in [2.45, 2.75) is 0 Å². The summed E-state index contributed by atoms with van der Waals surface area (Å²) in [6.07, 6.45) is 1.78. The molecule has 0 bridgehead atoms. The zero-order valence-corrected chi connectivity index (χ0v) is 9.70. The summed E-state index contributed by atoms with van der Waals surface area (Å²) >= 11 is 10.8. The summed E-state index contributed by atoms with van der Waals surface area (Å²) in [6.45, 7) is 0. The van der Waals surface area contributed by atoms with Gasteiger partial charge in [-0.25, -0.2) is 4.39 Å². The van der Waals surface area contributed by atoms with Crippen LogP contribution in [0.15, 0.2) is 36.5 Å². The molecule has 0 saturated carbocycles. The SMILES string of the molecule is Fc1ccc(NC(=S)c2ccc[nH]2)cc1Cl. The van der Waals surface area contributed by atoms with E-state index in [-0.39, 0.29) is 5.02 Å². The topological polar surface area (TPSA) is 27.8 Å². The largest absolute Gasteiger partial charge is 0.359 e. The normalized spacial score (nSPS) is 10.1. The maximum absolute atomic E-state index is 12.9. The Hall–Kier alpha value is -1.39. The van der Waals surface area contributed by atoms with E-state index in [1.807, 2.05) is 12.1 Å². The predicted molar refractivity (Wildman–Crippen MR) is 67.5 cm³/mol. The van der Waals surface area contributed by atoms with E-state index in [4.69, 9.17) is 23.8 Å². The number of aromatic amines is 1. The Morgan fingerprint density at radius 2 is 2.19 bits per heavy atom. The van der Waals surface area contributed by atoms with Crippen LogP contribution < -0.4 is 5.32 Å². The Kier molecular flexibility index (Phi) is 3.22. The van der Waals surface area contributed by atoms with Crippen molar-refractivity contribution in [3.05, 3.63) is 53.1 Å². The third-order valence-corrected chi connectivity index (χ3v) is 2.63. The van der Waals surface area contributed by atoms with E-state index in [0.29, 0.717) is 10.7 Å². The number of aromatic nitrogens is 1. The number of hydrogen-bond acceptors (Lipinski definition) is 1. The maximum atomic E-state index is 12.9. The van der Waals surface area contributed by atoms with Gasteiger partial charge in [-0.2, -0.15) is 0 Å². The molecule has 2 nitrogen and oxygen atoms in total. The predicted octanol–water partition coefficient (Wildman–Crippen LogP) is 3.59. The first kappa shape index (κ1) is 11.1. The summed E-state index contributed by atoms with van der Waals surface area (Å²) in [5, 5.41) is 3.03. The smallest absolute Gasteiger partial charge is 0.141 e. The number of H-pyrrole nitrogens is 1. The van der Waals surface area contributed by atoms with Crippen LogP contribution in [0.1, 0.15) is 5.69 Å². The minimum atomic E-state index is -0.446. The molecule has 82 valence electrons. The van der Waals surface area contributed by atoms with Crippen molar-refractivity contribution < 1.29 is 4.39 Å². The monoisotopic (exact) mass is 254 g/mol. The third kappa shape index (κ3) is 2.40. The van der Waals surface area contributed by atoms with Gasteiger partial charge in [0.2, 0.25) is 0 Å². The van der Waals surface area contributed by atoms with Gasteiger partial charge in [0.15, 0.2) is 0 Å². The zero-order chi connectivity index (χ0) is 11.5. The number of nitrogens with one attached hydrogen (secondary N) is 2. The second-order valence-corrected chi connectivity index (χ2v) is 3.98. The molecule has 1 aromatic carbocycles. The Morgan fingerprint density at radius 1 is 1.38 bits per heavy atom. The van der Waals surface area contributed by atoms with Crippen molar-refractivity contribution in [3.63, 3.8) is 0 Å². The van der Waals surface area contributed by atoms with Gasteiger partial charge < -0.3 is 10.3 Å². The van der Waals surface area contributed by atoms with Gasteiger partial charge in [-0.15, -0.1) is 0 Å². The van der Waals surface area contributed by atoms with Crippen molar-refractivity contribution in [2.75, 3.05) is 5.32 Å². The van der Waals surface area contributed by atoms with Crippen LogP contribution in [-0.2, 0) is 0 Å². The molecule has 0 aliphatic heterocycles. The van der Waals surface area contributed by atoms with Crippen molar-refractivity contribution in [3.8, 4) is 0 Å². The van der Waals surface area contributed by atoms with Crippen molar-refractivity contribution in [1.82, 2.24) is 4.98 Å². The molecule has 0 amide bonds. The summed E-state index contributed by atoms with van der Waals surface area (Å²) in [5.41, 5.74) is 1.46. The fraction of sp³-hybridized carbons (Fsp3) is 0. The summed E-state index contributed by atoms with van der Waals surface area (Å²) in [5.74, 6) is -0.446. The molecule has 0 fully saturated rings. The number of halogens is 2. The van der Waals surface area contributed by atoms with E-state index in [1.54, 1.807) is 12.3 Å². The van der Waals surface area contributed by atoms with E-state index in [0.717, 1.165) is 5.69 Å². The third-order valence-electron chi connectivity index (χ3n) is 2.02. The van der Waals surface area contributed by atoms with Crippen molar-refractivity contribution in [2.24, 2.45) is 0 Å². The first-order valence-electron chi connectivity index (χ1n) is 4.56. The van der Waals surface area contributed by atoms with E-state index >= 15 is 0 Å². The van der Waals surface area contributed by atoms with Crippen LogP contribution >= 0.6 is 23.8 Å². The molecule has 0 saturated heterocycles. The van der Waals surface area contributed by atoms with Gasteiger partial charge in [0.25, 0.3) is 0 Å². The van der Waals surface area contributed by atoms with Gasteiger partial charge in [-0.05, 0) is 30.3 Å². The molecule has 0 atom stereocenters. The van der Waals surface area contributed by atoms with E-state index in [2.05, 4.69) is 10.3 Å². The Morgan fingerprint density at radius 3 is 2.81 bits per heavy atom. The molecule has 0 unspecified atom stereocenters. The average Bonchev–Trinajstić information content (AvgIpc) is 2.77. The highest BCUT2D eigenvalue weighted by Crippen LogP contribution is 2.19. The second kappa shape index (κ2) is 4.63. The molecular formula is C11H8ClFN2S. The highest BCUT2D eigenvalue weighted by atomic mass is 35.5. The van der Waals surface area contributed by atoms with Crippen LogP contribution in [0, 0.1) is 5.82 Å². The summed E-state index contributed by atoms with van der Waals surface area (Å²) in [6, 6.07) is 8.06. The summed E-state index contributed by atoms with van der Waals surface area (Å²) < 4.78 is 12.9. The molecule has 0 spiro atoms. The van der Waals surface area contributed by atoms with E-state index in [9.17, 15) is 4.39 Å². The molecular weight excluding hydrogens is 247 g/mol. The molecule has 2 rings (SSSR count). The summed E-state index contributed by atoms with van der Waals surface area (Å²) in [4.78, 5) is 3.51. The van der Waals surface area contributed by atoms with Crippen LogP contribution in [0.3, 0.4) is 0 Å². The Labute approximate surface area is 102 Å². The molecule has 2 aromatic rings. The van der Waals surface area contributed by atoms with Gasteiger partial charge in [0.05, 0.1) is 10.7 Å². The molecule has 5 heteroatoms. The average molecular weight is 255 g/mol. The van der Waals surface area contributed by atoms with Gasteiger partial charge >= 0.3 is 0 Å². The lowest BCUT2D eigenvalue weighted by Gasteiger charge is -2.06. The molecule has 16 heavy (non-hydrogen) atoms. The minimum Gasteiger partial charge on any atom is -0.359 e. The van der Waals surface area contributed by atoms with Crippen molar-refractivity contribution in [1.29, 1.82) is 0 Å². The molecule has 0 radical (unpaired) electrons. The van der Waals surface area contributed by atoms with Gasteiger partial charge in [0, 0.05) is 11.9 Å². The lowest BCUT2D eigenvalue weighted by molar-refractivity contribution is 0.628. The molecule has 1 heterocycles. The Bertz CT molecular complexity index is 511. The van der Waals surface area contributed by atoms with E-state index < -0.39 is 5.82 Å². The van der Waals surface area contributed by atoms with Crippen LogP contribution in [-0.4, -0.2) is 9.97 Å². The Balaban J connectivity index is 2.15. The molecule has 2 N–H and O–H groups in total. The standard InChI is InChI=1S/C11H8ClFN2S/c12-8-6-7(3-4-9(8)13)15-11(16)10-2-1-5-14-10/h1-6,14H,(H,15,16). The molecule has 0 aliphatic rings. The fourth-order valence-corrected chi connectivity index (χ4v) is 1.67. The second-order valence-electron chi connectivity index (χ2n) is 3.17. The quantitative estimate of drug-likeness (QED) is 0.802. The molecule has 1 aromatic heterocycles. The number of anilines is 1. The minimum absolute atomic E-state index is 0.0688. The summed E-state index contributed by atoms with van der Waals surface area (Å²) in [7, 11) is 0.